The third kappa shape index (κ3) is 5.48. The molecule has 0 aliphatic rings. The molecule has 0 saturated carbocycles. The highest BCUT2D eigenvalue weighted by Gasteiger charge is 2.11. The Balaban J connectivity index is 2.34. The highest BCUT2D eigenvalue weighted by Crippen LogP contribution is 2.19. The monoisotopic (exact) mass is 343 g/mol. The van der Waals surface area contributed by atoms with Gasteiger partial charge in [0.05, 0.1) is 11.6 Å². The van der Waals surface area contributed by atoms with Crippen molar-refractivity contribution in [1.29, 1.82) is 0 Å². The number of hydrogen-bond acceptors (Lipinski definition) is 3. The van der Waals surface area contributed by atoms with Gasteiger partial charge in [-0.25, -0.2) is 0 Å². The summed E-state index contributed by atoms with van der Waals surface area (Å²) >= 11 is 6.35. The van der Waals surface area contributed by atoms with Crippen molar-refractivity contribution in [3.05, 3.63) is 70.2 Å². The number of amidine groups is 1. The molecule has 0 saturated heterocycles. The Labute approximate surface area is 148 Å². The number of carbonyl (C=O) groups is 1. The lowest BCUT2D eigenvalue weighted by Gasteiger charge is -2.14. The minimum absolute atomic E-state index is 0.170. The summed E-state index contributed by atoms with van der Waals surface area (Å²) in [4.78, 5) is 18.2. The maximum Gasteiger partial charge on any atom is 0.222 e. The van der Waals surface area contributed by atoms with Gasteiger partial charge in [-0.05, 0) is 37.4 Å². The second-order valence-electron chi connectivity index (χ2n) is 5.88. The molecular weight excluding hydrogens is 322 g/mol. The Kier molecular flexibility index (Phi) is 6.53. The average Bonchev–Trinajstić information content (AvgIpc) is 2.53. The lowest BCUT2D eigenvalue weighted by atomic mass is 10.1. The van der Waals surface area contributed by atoms with Crippen LogP contribution in [0.15, 0.2) is 53.5 Å². The first-order valence-electron chi connectivity index (χ1n) is 7.75. The molecule has 1 amide bonds. The molecule has 0 aliphatic heterocycles. The number of aliphatic imine (C=N–C) groups is 1. The number of carbonyl (C=O) groups excluding carboxylic acids is 1. The predicted octanol–water partition coefficient (Wildman–Crippen LogP) is 3.48. The van der Waals surface area contributed by atoms with E-state index in [-0.39, 0.29) is 5.91 Å². The third-order valence-corrected chi connectivity index (χ3v) is 3.67. The number of nitrogens with one attached hydrogen (secondary N) is 1. The van der Waals surface area contributed by atoms with Gasteiger partial charge in [0.15, 0.2) is 0 Å². The molecule has 4 nitrogen and oxygen atoms in total. The van der Waals surface area contributed by atoms with E-state index in [1.807, 2.05) is 62.6 Å². The molecule has 0 fully saturated rings. The Morgan fingerprint density at radius 3 is 2.46 bits per heavy atom. The van der Waals surface area contributed by atoms with Crippen molar-refractivity contribution in [3.8, 4) is 0 Å². The predicted molar refractivity (Wildman–Crippen MR) is 99.3 cm³/mol. The van der Waals surface area contributed by atoms with E-state index < -0.39 is 0 Å². The van der Waals surface area contributed by atoms with Crippen LogP contribution in [0.1, 0.15) is 23.6 Å². The van der Waals surface area contributed by atoms with Gasteiger partial charge < -0.3 is 10.2 Å². The molecule has 2 rings (SSSR count). The van der Waals surface area contributed by atoms with Crippen molar-refractivity contribution < 1.29 is 4.79 Å². The summed E-state index contributed by atoms with van der Waals surface area (Å²) < 4.78 is 0. The molecular formula is C19H22ClN3O. The quantitative estimate of drug-likeness (QED) is 0.667. The molecule has 0 atom stereocenters. The van der Waals surface area contributed by atoms with Gasteiger partial charge in [0, 0.05) is 19.0 Å². The minimum Gasteiger partial charge on any atom is -0.311 e. The van der Waals surface area contributed by atoms with Gasteiger partial charge in [-0.1, -0.05) is 48.0 Å². The summed E-state index contributed by atoms with van der Waals surface area (Å²) in [6.45, 7) is 2.73. The summed E-state index contributed by atoms with van der Waals surface area (Å²) in [5, 5.41) is 3.37. The Morgan fingerprint density at radius 2 is 1.83 bits per heavy atom. The van der Waals surface area contributed by atoms with Gasteiger partial charge in [-0.2, -0.15) is 0 Å². The van der Waals surface area contributed by atoms with Crippen LogP contribution in [0.5, 0.6) is 0 Å². The highest BCUT2D eigenvalue weighted by atomic mass is 35.5. The first-order chi connectivity index (χ1) is 11.5. The fourth-order valence-electron chi connectivity index (χ4n) is 2.33. The van der Waals surface area contributed by atoms with E-state index >= 15 is 0 Å². The molecule has 24 heavy (non-hydrogen) atoms. The van der Waals surface area contributed by atoms with Gasteiger partial charge >= 0.3 is 0 Å². The molecule has 0 spiro atoms. The topological polar surface area (TPSA) is 44.7 Å². The van der Waals surface area contributed by atoms with Crippen LogP contribution in [-0.2, 0) is 17.9 Å². The second-order valence-corrected chi connectivity index (χ2v) is 6.29. The van der Waals surface area contributed by atoms with Crippen LogP contribution in [0.4, 0.5) is 0 Å². The Bertz CT molecular complexity index is 727. The first kappa shape index (κ1) is 18.2. The standard InChI is InChI=1S/C19H22ClN3O/c1-14(24)22-19(21-12-15-7-5-4-6-8-15)17-11-16(13-23(2)3)9-10-18(17)20/h4-11H,12-13H2,1-3H3,(H,21,22,24). The zero-order valence-corrected chi connectivity index (χ0v) is 15.0. The number of rotatable bonds is 5. The number of halogens is 1. The molecule has 5 heteroatoms. The molecule has 0 bridgehead atoms. The summed E-state index contributed by atoms with van der Waals surface area (Å²) in [5.41, 5.74) is 2.92. The maximum absolute atomic E-state index is 11.6. The minimum atomic E-state index is -0.170. The van der Waals surface area contributed by atoms with Crippen molar-refractivity contribution in [1.82, 2.24) is 10.2 Å². The Morgan fingerprint density at radius 1 is 1.12 bits per heavy atom. The molecule has 2 aromatic carbocycles. The van der Waals surface area contributed by atoms with E-state index in [2.05, 4.69) is 15.2 Å². The van der Waals surface area contributed by atoms with Gasteiger partial charge in [0.25, 0.3) is 0 Å². The summed E-state index contributed by atoms with van der Waals surface area (Å²) in [5.74, 6) is 0.327. The van der Waals surface area contributed by atoms with Crippen LogP contribution < -0.4 is 5.32 Å². The van der Waals surface area contributed by atoms with E-state index in [1.54, 1.807) is 0 Å². The normalized spacial score (nSPS) is 11.6. The van der Waals surface area contributed by atoms with Gasteiger partial charge in [0.1, 0.15) is 5.84 Å². The fraction of sp³-hybridized carbons (Fsp3) is 0.263. The SMILES string of the molecule is CC(=O)NC(=NCc1ccccc1)c1cc(CN(C)C)ccc1Cl. The van der Waals surface area contributed by atoms with Crippen LogP contribution in [0.25, 0.3) is 0 Å². The van der Waals surface area contributed by atoms with Gasteiger partial charge in [0.2, 0.25) is 5.91 Å². The highest BCUT2D eigenvalue weighted by molar-refractivity contribution is 6.34. The van der Waals surface area contributed by atoms with Crippen molar-refractivity contribution in [2.75, 3.05) is 14.1 Å². The van der Waals surface area contributed by atoms with Crippen molar-refractivity contribution >= 4 is 23.3 Å². The molecule has 2 aromatic rings. The van der Waals surface area contributed by atoms with Gasteiger partial charge in [-0.3, -0.25) is 9.79 Å². The molecule has 0 radical (unpaired) electrons. The zero-order chi connectivity index (χ0) is 17.5. The van der Waals surface area contributed by atoms with E-state index in [1.165, 1.54) is 6.92 Å². The van der Waals surface area contributed by atoms with E-state index in [0.717, 1.165) is 23.2 Å². The molecule has 1 N–H and O–H groups in total. The zero-order valence-electron chi connectivity index (χ0n) is 14.2. The van der Waals surface area contributed by atoms with Crippen LogP contribution >= 0.6 is 11.6 Å². The lowest BCUT2D eigenvalue weighted by Crippen LogP contribution is -2.29. The third-order valence-electron chi connectivity index (χ3n) is 3.34. The van der Waals surface area contributed by atoms with Gasteiger partial charge in [-0.15, -0.1) is 0 Å². The van der Waals surface area contributed by atoms with E-state index in [4.69, 9.17) is 11.6 Å². The van der Waals surface area contributed by atoms with Crippen LogP contribution in [-0.4, -0.2) is 30.7 Å². The number of nitrogens with zero attached hydrogens (tertiary/aromatic N) is 2. The average molecular weight is 344 g/mol. The van der Waals surface area contributed by atoms with Crippen LogP contribution in [0.3, 0.4) is 0 Å². The molecule has 0 aromatic heterocycles. The number of benzene rings is 2. The van der Waals surface area contributed by atoms with Crippen molar-refractivity contribution in [3.63, 3.8) is 0 Å². The fourth-order valence-corrected chi connectivity index (χ4v) is 2.54. The molecule has 0 unspecified atom stereocenters. The molecule has 0 aliphatic carbocycles. The smallest absolute Gasteiger partial charge is 0.222 e. The number of amides is 1. The number of hydrogen-bond donors (Lipinski definition) is 1. The molecule has 126 valence electrons. The molecule has 0 heterocycles. The first-order valence-corrected chi connectivity index (χ1v) is 8.13. The summed E-state index contributed by atoms with van der Waals surface area (Å²) in [6, 6.07) is 15.7. The van der Waals surface area contributed by atoms with Crippen molar-refractivity contribution in [2.45, 2.75) is 20.0 Å². The Hall–Kier alpha value is -2.17. The van der Waals surface area contributed by atoms with Crippen LogP contribution in [0, 0.1) is 0 Å². The van der Waals surface area contributed by atoms with Crippen molar-refractivity contribution in [2.24, 2.45) is 4.99 Å². The van der Waals surface area contributed by atoms with E-state index in [9.17, 15) is 4.79 Å². The maximum atomic E-state index is 11.6. The summed E-state index contributed by atoms with van der Waals surface area (Å²) in [6.07, 6.45) is 0. The largest absolute Gasteiger partial charge is 0.311 e. The van der Waals surface area contributed by atoms with E-state index in [0.29, 0.717) is 17.4 Å². The van der Waals surface area contributed by atoms with Crippen LogP contribution in [0.2, 0.25) is 5.02 Å². The summed E-state index contributed by atoms with van der Waals surface area (Å²) in [7, 11) is 4.01. The second kappa shape index (κ2) is 8.62. The lowest BCUT2D eigenvalue weighted by molar-refractivity contribution is -0.117.